The first-order chi connectivity index (χ1) is 21.2. The van der Waals surface area contributed by atoms with Crippen LogP contribution in [-0.2, 0) is 11.2 Å². The van der Waals surface area contributed by atoms with Crippen LogP contribution < -0.4 is 32.2 Å². The third kappa shape index (κ3) is 7.29. The van der Waals surface area contributed by atoms with Crippen LogP contribution in [-0.4, -0.2) is 58.5 Å². The van der Waals surface area contributed by atoms with Crippen molar-refractivity contribution >= 4 is 29.0 Å². The molecular weight excluding hydrogens is 570 g/mol. The van der Waals surface area contributed by atoms with Crippen LogP contribution >= 0.6 is 0 Å². The van der Waals surface area contributed by atoms with Gasteiger partial charge in [0.1, 0.15) is 0 Å². The summed E-state index contributed by atoms with van der Waals surface area (Å²) < 4.78 is 35.7. The van der Waals surface area contributed by atoms with Crippen molar-refractivity contribution in [1.82, 2.24) is 25.0 Å². The largest absolute Gasteiger partial charge is 0.494 e. The number of carbonyl (C=O) groups excluding carboxylic acids is 2. The lowest BCUT2D eigenvalue weighted by atomic mass is 10.0. The molecule has 0 saturated heterocycles. The van der Waals surface area contributed by atoms with Gasteiger partial charge in [-0.15, -0.1) is 0 Å². The van der Waals surface area contributed by atoms with Gasteiger partial charge in [-0.2, -0.15) is 4.39 Å². The van der Waals surface area contributed by atoms with Gasteiger partial charge < -0.3 is 32.2 Å². The second kappa shape index (κ2) is 14.7. The molecule has 4 aromatic rings. The van der Waals surface area contributed by atoms with E-state index >= 15 is 0 Å². The van der Waals surface area contributed by atoms with Crippen molar-refractivity contribution in [3.63, 3.8) is 0 Å². The Labute approximate surface area is 254 Å². The van der Waals surface area contributed by atoms with Gasteiger partial charge in [0.15, 0.2) is 23.0 Å². The molecule has 0 unspecified atom stereocenters. The van der Waals surface area contributed by atoms with Crippen LogP contribution in [0, 0.1) is 11.6 Å². The molecule has 0 aliphatic rings. The zero-order valence-electron chi connectivity index (χ0n) is 25.0. The summed E-state index contributed by atoms with van der Waals surface area (Å²) in [6.07, 6.45) is 7.29. The number of rotatable bonds is 14. The zero-order valence-corrected chi connectivity index (χ0v) is 25.0. The van der Waals surface area contributed by atoms with E-state index in [0.717, 1.165) is 18.4 Å². The topological polar surface area (TPSA) is 162 Å². The lowest BCUT2D eigenvalue weighted by molar-refractivity contribution is -0.122. The van der Waals surface area contributed by atoms with Crippen molar-refractivity contribution in [3.8, 4) is 17.0 Å². The van der Waals surface area contributed by atoms with Crippen molar-refractivity contribution in [2.45, 2.75) is 51.6 Å². The maximum absolute atomic E-state index is 14.8. The molecule has 234 valence electrons. The average molecular weight is 609 g/mol. The van der Waals surface area contributed by atoms with E-state index < -0.39 is 17.7 Å². The number of ether oxygens (including phenoxy) is 1. The molecule has 0 saturated carbocycles. The number of unbranched alkanes of at least 4 members (excludes halogenated alkanes) is 1. The molecule has 2 aromatic heterocycles. The molecule has 2 heterocycles. The predicted octanol–water partition coefficient (Wildman–Crippen LogP) is 3.68. The lowest BCUT2D eigenvalue weighted by Gasteiger charge is -2.18. The van der Waals surface area contributed by atoms with Crippen LogP contribution in [0.4, 0.5) is 20.3 Å². The molecule has 4 rings (SSSR count). The van der Waals surface area contributed by atoms with Gasteiger partial charge in [0.05, 0.1) is 25.0 Å². The van der Waals surface area contributed by atoms with Gasteiger partial charge in [-0.3, -0.25) is 14.0 Å². The highest BCUT2D eigenvalue weighted by molar-refractivity contribution is 5.96. The van der Waals surface area contributed by atoms with Crippen LogP contribution in [0.2, 0.25) is 0 Å². The number of anilines is 2. The normalized spacial score (nSPS) is 12.5. The summed E-state index contributed by atoms with van der Waals surface area (Å²) in [5.74, 6) is -2.46. The second-order valence-corrected chi connectivity index (χ2v) is 10.4. The Balaban J connectivity index is 1.45. The number of nitrogens with two attached hydrogens (primary N) is 2. The number of methoxy groups -OCH3 is 1. The first kappa shape index (κ1) is 32.3. The fourth-order valence-electron chi connectivity index (χ4n) is 4.79. The molecule has 0 radical (unpaired) electrons. The minimum Gasteiger partial charge on any atom is -0.494 e. The number of hydrogen-bond acceptors (Lipinski definition) is 8. The van der Waals surface area contributed by atoms with E-state index in [-0.39, 0.29) is 35.7 Å². The summed E-state index contributed by atoms with van der Waals surface area (Å²) >= 11 is 0. The molecule has 13 heteroatoms. The molecule has 2 atom stereocenters. The number of amides is 2. The SMILES string of the molecule is CCc1cc(Nc2nccn3c(-c4ccc(OC)c(F)c4F)cnc23)ccc1C(=O)N[C@H](C)CNC(=O)[C@@H](N)CCCCN. The highest BCUT2D eigenvalue weighted by Gasteiger charge is 2.20. The van der Waals surface area contributed by atoms with Crippen LogP contribution in [0.3, 0.4) is 0 Å². The standard InChI is InChI=1S/C31H38F2N8O3/c1-4-19-15-20(8-9-21(19)30(42)39-18(2)16-38-31(43)23(35)7-5-6-12-34)40-28-29-37-17-24(41(29)14-13-36-28)22-10-11-25(44-3)27(33)26(22)32/h8-11,13-15,17-18,23H,4-7,12,16,34-35H2,1-3H3,(H,36,40)(H,38,43)(H,39,42)/t18-,23+/m1/s1. The van der Waals surface area contributed by atoms with Crippen molar-refractivity contribution in [1.29, 1.82) is 0 Å². The molecule has 0 spiro atoms. The Bertz CT molecular complexity index is 1630. The Morgan fingerprint density at radius 1 is 1.11 bits per heavy atom. The van der Waals surface area contributed by atoms with Gasteiger partial charge in [0, 0.05) is 41.8 Å². The first-order valence-corrected chi connectivity index (χ1v) is 14.5. The molecule has 7 N–H and O–H groups in total. The number of hydrogen-bond donors (Lipinski definition) is 5. The summed E-state index contributed by atoms with van der Waals surface area (Å²) in [4.78, 5) is 34.1. The summed E-state index contributed by atoms with van der Waals surface area (Å²) in [7, 11) is 1.27. The molecule has 44 heavy (non-hydrogen) atoms. The number of aryl methyl sites for hydroxylation is 1. The summed E-state index contributed by atoms with van der Waals surface area (Å²) in [6, 6.07) is 7.14. The number of carbonyl (C=O) groups is 2. The number of nitrogens with zero attached hydrogens (tertiary/aromatic N) is 3. The molecular formula is C31H38F2N8O3. The van der Waals surface area contributed by atoms with Gasteiger partial charge >= 0.3 is 0 Å². The van der Waals surface area contributed by atoms with E-state index in [4.69, 9.17) is 16.2 Å². The Morgan fingerprint density at radius 2 is 1.91 bits per heavy atom. The Kier molecular flexibility index (Phi) is 10.8. The fourth-order valence-corrected chi connectivity index (χ4v) is 4.79. The first-order valence-electron chi connectivity index (χ1n) is 14.5. The van der Waals surface area contributed by atoms with Gasteiger partial charge in [0.2, 0.25) is 11.7 Å². The maximum Gasteiger partial charge on any atom is 0.251 e. The van der Waals surface area contributed by atoms with Crippen LogP contribution in [0.1, 0.15) is 49.0 Å². The number of halogens is 2. The van der Waals surface area contributed by atoms with E-state index in [9.17, 15) is 18.4 Å². The summed E-state index contributed by atoms with van der Waals surface area (Å²) in [5, 5.41) is 8.93. The molecule has 2 amide bonds. The highest BCUT2D eigenvalue weighted by atomic mass is 19.2. The molecule has 0 fully saturated rings. The van der Waals surface area contributed by atoms with E-state index in [1.165, 1.54) is 31.6 Å². The van der Waals surface area contributed by atoms with Crippen molar-refractivity contribution in [3.05, 3.63) is 71.7 Å². The van der Waals surface area contributed by atoms with Crippen LogP contribution in [0.5, 0.6) is 5.75 Å². The molecule has 2 aromatic carbocycles. The quantitative estimate of drug-likeness (QED) is 0.136. The molecule has 0 aliphatic heterocycles. The van der Waals surface area contributed by atoms with E-state index in [1.807, 2.05) is 13.0 Å². The Morgan fingerprint density at radius 3 is 2.64 bits per heavy atom. The smallest absolute Gasteiger partial charge is 0.251 e. The molecule has 11 nitrogen and oxygen atoms in total. The number of nitrogens with one attached hydrogen (secondary N) is 3. The second-order valence-electron chi connectivity index (χ2n) is 10.4. The lowest BCUT2D eigenvalue weighted by Crippen LogP contribution is -2.47. The third-order valence-corrected chi connectivity index (χ3v) is 7.23. The minimum atomic E-state index is -1.08. The number of aromatic nitrogens is 3. The van der Waals surface area contributed by atoms with Crippen LogP contribution in [0.15, 0.2) is 48.9 Å². The monoisotopic (exact) mass is 608 g/mol. The average Bonchev–Trinajstić information content (AvgIpc) is 3.46. The maximum atomic E-state index is 14.8. The highest BCUT2D eigenvalue weighted by Crippen LogP contribution is 2.31. The number of benzene rings is 2. The van der Waals surface area contributed by atoms with Gasteiger partial charge in [0.25, 0.3) is 5.91 Å². The van der Waals surface area contributed by atoms with Gasteiger partial charge in [-0.05, 0) is 68.6 Å². The van der Waals surface area contributed by atoms with Crippen molar-refractivity contribution in [2.24, 2.45) is 11.5 Å². The van der Waals surface area contributed by atoms with E-state index in [2.05, 4.69) is 25.9 Å². The summed E-state index contributed by atoms with van der Waals surface area (Å²) in [5.41, 5.74) is 14.1. The summed E-state index contributed by atoms with van der Waals surface area (Å²) in [6.45, 7) is 4.54. The number of fused-ring (bicyclic) bond motifs is 1. The molecule has 0 bridgehead atoms. The van der Waals surface area contributed by atoms with Crippen molar-refractivity contribution in [2.75, 3.05) is 25.5 Å². The fraction of sp³-hybridized carbons (Fsp3) is 0.355. The van der Waals surface area contributed by atoms with Gasteiger partial charge in [-0.1, -0.05) is 13.3 Å². The van der Waals surface area contributed by atoms with E-state index in [0.29, 0.717) is 47.8 Å². The molecule has 0 aliphatic carbocycles. The third-order valence-electron chi connectivity index (χ3n) is 7.23. The van der Waals surface area contributed by atoms with Crippen molar-refractivity contribution < 1.29 is 23.1 Å². The van der Waals surface area contributed by atoms with Crippen LogP contribution in [0.25, 0.3) is 16.9 Å². The Hall–Kier alpha value is -4.62. The number of imidazole rings is 1. The van der Waals surface area contributed by atoms with Gasteiger partial charge in [-0.25, -0.2) is 14.4 Å². The predicted molar refractivity (Wildman–Crippen MR) is 165 cm³/mol. The zero-order chi connectivity index (χ0) is 31.8. The minimum absolute atomic E-state index is 0.0238. The van der Waals surface area contributed by atoms with E-state index in [1.54, 1.807) is 29.7 Å².